The molecule has 0 radical (unpaired) electrons. The fourth-order valence-electron chi connectivity index (χ4n) is 3.66. The van der Waals surface area contributed by atoms with Gasteiger partial charge < -0.3 is 19.7 Å². The standard InChI is InChI=1S/C23H30N2O3/c1-4-28-21-11-7-19(8-12-21)23(13-15-27-16-14-23)17-24-22(26)18-5-9-20(10-6-18)25(2)3/h5-12H,4,13-17H2,1-3H3,(H,24,26). The van der Waals surface area contributed by atoms with Crippen LogP contribution < -0.4 is 15.0 Å². The Balaban J connectivity index is 1.72. The molecule has 5 heteroatoms. The molecule has 1 aliphatic rings. The maximum atomic E-state index is 12.7. The van der Waals surface area contributed by atoms with Crippen LogP contribution in [0.5, 0.6) is 5.75 Å². The minimum atomic E-state index is -0.109. The van der Waals surface area contributed by atoms with E-state index in [-0.39, 0.29) is 11.3 Å². The summed E-state index contributed by atoms with van der Waals surface area (Å²) < 4.78 is 11.2. The molecule has 1 aliphatic heterocycles. The first-order valence-electron chi connectivity index (χ1n) is 9.91. The van der Waals surface area contributed by atoms with Gasteiger partial charge in [-0.25, -0.2) is 0 Å². The van der Waals surface area contributed by atoms with Crippen molar-refractivity contribution in [1.82, 2.24) is 5.32 Å². The lowest BCUT2D eigenvalue weighted by Crippen LogP contribution is -2.44. The van der Waals surface area contributed by atoms with E-state index in [2.05, 4.69) is 17.4 Å². The summed E-state index contributed by atoms with van der Waals surface area (Å²) in [6, 6.07) is 15.9. The van der Waals surface area contributed by atoms with Crippen molar-refractivity contribution in [3.05, 3.63) is 59.7 Å². The Hall–Kier alpha value is -2.53. The largest absolute Gasteiger partial charge is 0.494 e. The van der Waals surface area contributed by atoms with Crippen LogP contribution in [0.4, 0.5) is 5.69 Å². The van der Waals surface area contributed by atoms with Crippen LogP contribution in [0.15, 0.2) is 48.5 Å². The van der Waals surface area contributed by atoms with Gasteiger partial charge in [0.15, 0.2) is 0 Å². The van der Waals surface area contributed by atoms with Gasteiger partial charge in [-0.3, -0.25) is 4.79 Å². The molecule has 1 fully saturated rings. The van der Waals surface area contributed by atoms with E-state index in [1.165, 1.54) is 5.56 Å². The molecular formula is C23H30N2O3. The van der Waals surface area contributed by atoms with Gasteiger partial charge in [-0.1, -0.05) is 12.1 Å². The van der Waals surface area contributed by atoms with Crippen molar-refractivity contribution < 1.29 is 14.3 Å². The minimum absolute atomic E-state index is 0.0397. The number of nitrogens with zero attached hydrogens (tertiary/aromatic N) is 1. The molecule has 0 aliphatic carbocycles. The average molecular weight is 383 g/mol. The molecule has 0 unspecified atom stereocenters. The Morgan fingerprint density at radius 2 is 1.71 bits per heavy atom. The van der Waals surface area contributed by atoms with Crippen LogP contribution in [-0.4, -0.2) is 46.4 Å². The minimum Gasteiger partial charge on any atom is -0.494 e. The summed E-state index contributed by atoms with van der Waals surface area (Å²) in [5.41, 5.74) is 2.87. The number of benzene rings is 2. The molecule has 2 aromatic carbocycles. The Kier molecular flexibility index (Phi) is 6.57. The molecule has 2 aromatic rings. The molecule has 0 atom stereocenters. The highest BCUT2D eigenvalue weighted by molar-refractivity contribution is 5.94. The number of rotatable bonds is 7. The number of ether oxygens (including phenoxy) is 2. The molecule has 1 amide bonds. The van der Waals surface area contributed by atoms with Gasteiger partial charge in [0.1, 0.15) is 5.75 Å². The zero-order valence-corrected chi connectivity index (χ0v) is 17.0. The first kappa shape index (κ1) is 20.2. The molecular weight excluding hydrogens is 352 g/mol. The second-order valence-electron chi connectivity index (χ2n) is 7.47. The van der Waals surface area contributed by atoms with Crippen molar-refractivity contribution in [3.63, 3.8) is 0 Å². The molecule has 1 heterocycles. The molecule has 0 aromatic heterocycles. The van der Waals surface area contributed by atoms with Gasteiger partial charge >= 0.3 is 0 Å². The highest BCUT2D eigenvalue weighted by atomic mass is 16.5. The Morgan fingerprint density at radius 1 is 1.07 bits per heavy atom. The fourth-order valence-corrected chi connectivity index (χ4v) is 3.66. The van der Waals surface area contributed by atoms with Crippen LogP contribution in [0.25, 0.3) is 0 Å². The van der Waals surface area contributed by atoms with Crippen LogP contribution in [0, 0.1) is 0 Å². The predicted molar refractivity (Wildman–Crippen MR) is 112 cm³/mol. The third kappa shape index (κ3) is 4.65. The Labute approximate surface area is 167 Å². The summed E-state index contributed by atoms with van der Waals surface area (Å²) >= 11 is 0. The number of amides is 1. The van der Waals surface area contributed by atoms with Crippen LogP contribution in [0.2, 0.25) is 0 Å². The molecule has 0 spiro atoms. The van der Waals surface area contributed by atoms with Crippen LogP contribution in [0.3, 0.4) is 0 Å². The molecule has 5 nitrogen and oxygen atoms in total. The normalized spacial score (nSPS) is 15.7. The second kappa shape index (κ2) is 9.11. The van der Waals surface area contributed by atoms with Crippen molar-refractivity contribution >= 4 is 11.6 Å². The number of carbonyl (C=O) groups excluding carboxylic acids is 1. The van der Waals surface area contributed by atoms with Gasteiger partial charge in [-0.15, -0.1) is 0 Å². The van der Waals surface area contributed by atoms with E-state index in [4.69, 9.17) is 9.47 Å². The van der Waals surface area contributed by atoms with E-state index in [1.807, 2.05) is 62.3 Å². The molecule has 0 bridgehead atoms. The maximum Gasteiger partial charge on any atom is 0.251 e. The zero-order valence-electron chi connectivity index (χ0n) is 17.0. The lowest BCUT2D eigenvalue weighted by molar-refractivity contribution is 0.0487. The fraction of sp³-hybridized carbons (Fsp3) is 0.435. The van der Waals surface area contributed by atoms with Gasteiger partial charge in [0.25, 0.3) is 5.91 Å². The summed E-state index contributed by atoms with van der Waals surface area (Å²) in [6.45, 7) is 4.65. The van der Waals surface area contributed by atoms with E-state index in [1.54, 1.807) is 0 Å². The lowest BCUT2D eigenvalue weighted by atomic mass is 9.74. The monoisotopic (exact) mass is 382 g/mol. The van der Waals surface area contributed by atoms with Gasteiger partial charge in [-0.2, -0.15) is 0 Å². The number of hydrogen-bond acceptors (Lipinski definition) is 4. The summed E-state index contributed by atoms with van der Waals surface area (Å²) in [5, 5.41) is 3.16. The van der Waals surface area contributed by atoms with Crippen molar-refractivity contribution in [2.45, 2.75) is 25.2 Å². The third-order valence-electron chi connectivity index (χ3n) is 5.46. The Bertz CT molecular complexity index is 763. The first-order chi connectivity index (χ1) is 13.5. The van der Waals surface area contributed by atoms with E-state index in [0.29, 0.717) is 31.9 Å². The molecule has 0 saturated carbocycles. The van der Waals surface area contributed by atoms with Crippen molar-refractivity contribution in [3.8, 4) is 5.75 Å². The summed E-state index contributed by atoms with van der Waals surface area (Å²) in [6.07, 6.45) is 1.78. The topological polar surface area (TPSA) is 50.8 Å². The Morgan fingerprint density at radius 3 is 2.29 bits per heavy atom. The molecule has 150 valence electrons. The van der Waals surface area contributed by atoms with Gasteiger partial charge in [0.05, 0.1) is 6.61 Å². The van der Waals surface area contributed by atoms with E-state index in [0.717, 1.165) is 24.3 Å². The van der Waals surface area contributed by atoms with Gasteiger partial charge in [0.2, 0.25) is 0 Å². The quantitative estimate of drug-likeness (QED) is 0.795. The number of hydrogen-bond donors (Lipinski definition) is 1. The summed E-state index contributed by atoms with van der Waals surface area (Å²) in [4.78, 5) is 14.7. The van der Waals surface area contributed by atoms with Crippen molar-refractivity contribution in [2.24, 2.45) is 0 Å². The van der Waals surface area contributed by atoms with Crippen LogP contribution in [-0.2, 0) is 10.2 Å². The van der Waals surface area contributed by atoms with Crippen molar-refractivity contribution in [2.75, 3.05) is 45.4 Å². The smallest absolute Gasteiger partial charge is 0.251 e. The second-order valence-corrected chi connectivity index (χ2v) is 7.47. The highest BCUT2D eigenvalue weighted by Crippen LogP contribution is 2.35. The number of nitrogens with one attached hydrogen (secondary N) is 1. The summed E-state index contributed by atoms with van der Waals surface area (Å²) in [7, 11) is 3.97. The molecule has 1 N–H and O–H groups in total. The highest BCUT2D eigenvalue weighted by Gasteiger charge is 2.35. The van der Waals surface area contributed by atoms with E-state index < -0.39 is 0 Å². The third-order valence-corrected chi connectivity index (χ3v) is 5.46. The number of carbonyl (C=O) groups is 1. The SMILES string of the molecule is CCOc1ccc(C2(CNC(=O)c3ccc(N(C)C)cc3)CCOCC2)cc1. The van der Waals surface area contributed by atoms with E-state index in [9.17, 15) is 4.79 Å². The molecule has 28 heavy (non-hydrogen) atoms. The van der Waals surface area contributed by atoms with E-state index >= 15 is 0 Å². The summed E-state index contributed by atoms with van der Waals surface area (Å²) in [5.74, 6) is 0.834. The van der Waals surface area contributed by atoms with Crippen molar-refractivity contribution in [1.29, 1.82) is 0 Å². The average Bonchev–Trinajstić information content (AvgIpc) is 2.73. The zero-order chi connectivity index (χ0) is 20.0. The maximum absolute atomic E-state index is 12.7. The lowest BCUT2D eigenvalue weighted by Gasteiger charge is -2.38. The number of anilines is 1. The van der Waals surface area contributed by atoms with Crippen LogP contribution in [0.1, 0.15) is 35.7 Å². The molecule has 3 rings (SSSR count). The predicted octanol–water partition coefficient (Wildman–Crippen LogP) is 3.63. The molecule has 1 saturated heterocycles. The first-order valence-corrected chi connectivity index (χ1v) is 9.91. The van der Waals surface area contributed by atoms with Gasteiger partial charge in [-0.05, 0) is 61.7 Å². The van der Waals surface area contributed by atoms with Crippen LogP contribution >= 0.6 is 0 Å². The van der Waals surface area contributed by atoms with Gasteiger partial charge in [0, 0.05) is 50.5 Å².